The zero-order chi connectivity index (χ0) is 21.0. The van der Waals surface area contributed by atoms with Crippen LogP contribution in [0.25, 0.3) is 21.3 Å². The lowest BCUT2D eigenvalue weighted by atomic mass is 10.1. The van der Waals surface area contributed by atoms with E-state index < -0.39 is 0 Å². The second kappa shape index (κ2) is 9.09. The van der Waals surface area contributed by atoms with Gasteiger partial charge in [0, 0.05) is 30.6 Å². The molecule has 31 heavy (non-hydrogen) atoms. The molecule has 5 rings (SSSR count). The number of halogens is 1. The van der Waals surface area contributed by atoms with Crippen LogP contribution < -0.4 is 5.32 Å². The summed E-state index contributed by atoms with van der Waals surface area (Å²) in [5, 5.41) is 6.67. The van der Waals surface area contributed by atoms with Crippen molar-refractivity contribution in [2.24, 2.45) is 0 Å². The van der Waals surface area contributed by atoms with Crippen molar-refractivity contribution < 1.29 is 9.13 Å². The zero-order valence-electron chi connectivity index (χ0n) is 17.1. The summed E-state index contributed by atoms with van der Waals surface area (Å²) in [6, 6.07) is 16.9. The number of hydrogen-bond donors (Lipinski definition) is 1. The van der Waals surface area contributed by atoms with Gasteiger partial charge in [-0.3, -0.25) is 4.90 Å². The van der Waals surface area contributed by atoms with Crippen LogP contribution in [-0.2, 0) is 17.8 Å². The summed E-state index contributed by atoms with van der Waals surface area (Å²) in [5.41, 5.74) is 3.27. The minimum Gasteiger partial charge on any atom is -0.379 e. The molecule has 0 bridgehead atoms. The van der Waals surface area contributed by atoms with Crippen LogP contribution >= 0.6 is 11.3 Å². The Labute approximate surface area is 184 Å². The van der Waals surface area contributed by atoms with Crippen LogP contribution in [0.15, 0.2) is 60.0 Å². The monoisotopic (exact) mass is 434 g/mol. The molecule has 0 amide bonds. The Hall–Kier alpha value is -2.87. The Morgan fingerprint density at radius 1 is 1.00 bits per heavy atom. The highest BCUT2D eigenvalue weighted by Crippen LogP contribution is 2.37. The lowest BCUT2D eigenvalue weighted by Crippen LogP contribution is -2.36. The highest BCUT2D eigenvalue weighted by Gasteiger charge is 2.18. The largest absolute Gasteiger partial charge is 0.379 e. The number of rotatable bonds is 6. The molecule has 3 heterocycles. The van der Waals surface area contributed by atoms with Crippen molar-refractivity contribution in [2.45, 2.75) is 13.1 Å². The fraction of sp³-hybridized carbons (Fsp3) is 0.250. The maximum atomic E-state index is 13.3. The van der Waals surface area contributed by atoms with E-state index in [9.17, 15) is 4.39 Å². The van der Waals surface area contributed by atoms with Crippen molar-refractivity contribution in [3.8, 4) is 11.1 Å². The van der Waals surface area contributed by atoms with Gasteiger partial charge in [0.15, 0.2) is 0 Å². The van der Waals surface area contributed by atoms with Gasteiger partial charge in [-0.25, -0.2) is 14.4 Å². The molecule has 1 aliphatic rings. The van der Waals surface area contributed by atoms with Gasteiger partial charge >= 0.3 is 0 Å². The van der Waals surface area contributed by atoms with Gasteiger partial charge in [0.2, 0.25) is 0 Å². The first-order chi connectivity index (χ1) is 15.3. The molecule has 2 aromatic carbocycles. The van der Waals surface area contributed by atoms with Gasteiger partial charge in [-0.1, -0.05) is 42.5 Å². The van der Waals surface area contributed by atoms with E-state index in [0.29, 0.717) is 13.1 Å². The quantitative estimate of drug-likeness (QED) is 0.466. The summed E-state index contributed by atoms with van der Waals surface area (Å²) in [6.45, 7) is 4.53. The molecule has 0 saturated carbocycles. The second-order valence-electron chi connectivity index (χ2n) is 7.55. The minimum absolute atomic E-state index is 0.231. The zero-order valence-corrected chi connectivity index (χ0v) is 17.9. The Bertz CT molecular complexity index is 1160. The first kappa shape index (κ1) is 20.1. The number of hydrogen-bond acceptors (Lipinski definition) is 6. The Morgan fingerprint density at radius 2 is 1.77 bits per heavy atom. The molecule has 0 spiro atoms. The summed E-state index contributed by atoms with van der Waals surface area (Å²) in [7, 11) is 0. The van der Waals surface area contributed by atoms with Crippen LogP contribution in [-0.4, -0.2) is 41.2 Å². The number of nitrogens with one attached hydrogen (secondary N) is 1. The van der Waals surface area contributed by atoms with Crippen molar-refractivity contribution >= 4 is 27.4 Å². The van der Waals surface area contributed by atoms with Crippen molar-refractivity contribution in [2.75, 3.05) is 31.6 Å². The SMILES string of the molecule is Fc1ccc(CNc2nc(CN3CCOCC3)nc3scc(-c4ccccc4)c23)cc1. The maximum Gasteiger partial charge on any atom is 0.146 e. The van der Waals surface area contributed by atoms with Crippen molar-refractivity contribution in [1.82, 2.24) is 14.9 Å². The number of ether oxygens (including phenoxy) is 1. The van der Waals surface area contributed by atoms with E-state index in [1.54, 1.807) is 23.5 Å². The molecule has 1 saturated heterocycles. The number of fused-ring (bicyclic) bond motifs is 1. The van der Waals surface area contributed by atoms with Crippen LogP contribution in [0.4, 0.5) is 10.2 Å². The molecule has 5 nitrogen and oxygen atoms in total. The number of benzene rings is 2. The first-order valence-electron chi connectivity index (χ1n) is 10.4. The molecule has 4 aromatic rings. The van der Waals surface area contributed by atoms with Crippen LogP contribution in [0.5, 0.6) is 0 Å². The average Bonchev–Trinajstić information content (AvgIpc) is 3.24. The fourth-order valence-electron chi connectivity index (χ4n) is 3.76. The van der Waals surface area contributed by atoms with E-state index in [-0.39, 0.29) is 5.82 Å². The van der Waals surface area contributed by atoms with E-state index >= 15 is 0 Å². The molecular formula is C24H23FN4OS. The highest BCUT2D eigenvalue weighted by atomic mass is 32.1. The van der Waals surface area contributed by atoms with Gasteiger partial charge in [0.05, 0.1) is 25.1 Å². The van der Waals surface area contributed by atoms with Crippen molar-refractivity contribution in [3.63, 3.8) is 0 Å². The Kier molecular flexibility index (Phi) is 5.88. The third-order valence-electron chi connectivity index (χ3n) is 5.41. The van der Waals surface area contributed by atoms with Gasteiger partial charge in [0.25, 0.3) is 0 Å². The van der Waals surface area contributed by atoms with Crippen LogP contribution in [0, 0.1) is 5.82 Å². The molecule has 1 fully saturated rings. The van der Waals surface area contributed by atoms with Crippen LogP contribution in [0.1, 0.15) is 11.4 Å². The van der Waals surface area contributed by atoms with Crippen LogP contribution in [0.3, 0.4) is 0 Å². The molecule has 0 unspecified atom stereocenters. The van der Waals surface area contributed by atoms with Crippen molar-refractivity contribution in [1.29, 1.82) is 0 Å². The summed E-state index contributed by atoms with van der Waals surface area (Å²) in [6.07, 6.45) is 0. The summed E-state index contributed by atoms with van der Waals surface area (Å²) in [5.74, 6) is 1.39. The topological polar surface area (TPSA) is 50.3 Å². The minimum atomic E-state index is -0.231. The third-order valence-corrected chi connectivity index (χ3v) is 6.28. The number of anilines is 1. The number of aromatic nitrogens is 2. The van der Waals surface area contributed by atoms with Gasteiger partial charge in [-0.2, -0.15) is 0 Å². The summed E-state index contributed by atoms with van der Waals surface area (Å²) >= 11 is 1.64. The van der Waals surface area contributed by atoms with Crippen LogP contribution in [0.2, 0.25) is 0 Å². The summed E-state index contributed by atoms with van der Waals surface area (Å²) < 4.78 is 18.7. The maximum absolute atomic E-state index is 13.3. The average molecular weight is 435 g/mol. The molecule has 2 aromatic heterocycles. The Balaban J connectivity index is 1.51. The van der Waals surface area contributed by atoms with Gasteiger partial charge in [-0.05, 0) is 23.3 Å². The van der Waals surface area contributed by atoms with Gasteiger partial charge < -0.3 is 10.1 Å². The Morgan fingerprint density at radius 3 is 2.55 bits per heavy atom. The molecule has 0 radical (unpaired) electrons. The molecule has 0 aliphatic carbocycles. The molecular weight excluding hydrogens is 411 g/mol. The van der Waals surface area contributed by atoms with E-state index in [1.807, 2.05) is 18.2 Å². The number of nitrogens with zero attached hydrogens (tertiary/aromatic N) is 3. The predicted octanol–water partition coefficient (Wildman–Crippen LogP) is 4.94. The molecule has 0 atom stereocenters. The van der Waals surface area contributed by atoms with Crippen molar-refractivity contribution in [3.05, 3.63) is 77.2 Å². The fourth-order valence-corrected chi connectivity index (χ4v) is 4.73. The van der Waals surface area contributed by atoms with E-state index in [2.05, 4.69) is 27.7 Å². The van der Waals surface area contributed by atoms with E-state index in [0.717, 1.165) is 64.9 Å². The number of thiophene rings is 1. The standard InChI is InChI=1S/C24H23FN4OS/c25-19-8-6-17(7-9-19)14-26-23-22-20(18-4-2-1-3-5-18)16-31-24(22)28-21(27-23)15-29-10-12-30-13-11-29/h1-9,16H,10-15H2,(H,26,27,28). The third kappa shape index (κ3) is 4.58. The smallest absolute Gasteiger partial charge is 0.146 e. The molecule has 158 valence electrons. The summed E-state index contributed by atoms with van der Waals surface area (Å²) in [4.78, 5) is 13.1. The molecule has 1 N–H and O–H groups in total. The highest BCUT2D eigenvalue weighted by molar-refractivity contribution is 7.17. The second-order valence-corrected chi connectivity index (χ2v) is 8.41. The van der Waals surface area contributed by atoms with E-state index in [1.165, 1.54) is 12.1 Å². The molecule has 1 aliphatic heterocycles. The lowest BCUT2D eigenvalue weighted by molar-refractivity contribution is 0.0331. The number of morpholine rings is 1. The lowest BCUT2D eigenvalue weighted by Gasteiger charge is -2.25. The van der Waals surface area contributed by atoms with E-state index in [4.69, 9.17) is 14.7 Å². The molecule has 7 heteroatoms. The van der Waals surface area contributed by atoms with Gasteiger partial charge in [-0.15, -0.1) is 11.3 Å². The predicted molar refractivity (Wildman–Crippen MR) is 123 cm³/mol. The first-order valence-corrected chi connectivity index (χ1v) is 11.3. The van der Waals surface area contributed by atoms with Gasteiger partial charge in [0.1, 0.15) is 22.3 Å². The normalized spacial score (nSPS) is 14.7.